The first-order chi connectivity index (χ1) is 20.9. The predicted molar refractivity (Wildman–Crippen MR) is 170 cm³/mol. The molecule has 1 fully saturated rings. The third kappa shape index (κ3) is 5.97. The zero-order valence-corrected chi connectivity index (χ0v) is 25.2. The molecule has 0 bridgehead atoms. The summed E-state index contributed by atoms with van der Waals surface area (Å²) in [6, 6.07) is 19.5. The first kappa shape index (κ1) is 28.4. The molecule has 0 saturated carbocycles. The van der Waals surface area contributed by atoms with Crippen molar-refractivity contribution in [2.75, 3.05) is 64.8 Å². The Bertz CT molecular complexity index is 1730. The molecule has 6 rings (SSSR count). The number of piperazine rings is 1. The molecule has 0 amide bonds. The van der Waals surface area contributed by atoms with Crippen LogP contribution in [0.5, 0.6) is 17.2 Å². The van der Waals surface area contributed by atoms with Gasteiger partial charge in [-0.05, 0) is 55.6 Å². The van der Waals surface area contributed by atoms with Crippen molar-refractivity contribution in [2.45, 2.75) is 0 Å². The molecule has 10 nitrogen and oxygen atoms in total. The van der Waals surface area contributed by atoms with Crippen LogP contribution in [0.2, 0.25) is 5.02 Å². The molecule has 1 aliphatic heterocycles. The first-order valence-corrected chi connectivity index (χ1v) is 14.2. The molecule has 0 atom stereocenters. The number of nitrogens with zero attached hydrogens (tertiary/aromatic N) is 6. The zero-order valence-electron chi connectivity index (χ0n) is 24.5. The van der Waals surface area contributed by atoms with Crippen molar-refractivity contribution in [1.29, 1.82) is 0 Å². The van der Waals surface area contributed by atoms with Gasteiger partial charge in [0.25, 0.3) is 0 Å². The molecule has 2 aromatic heterocycles. The Kier molecular flexibility index (Phi) is 8.13. The molecule has 1 saturated heterocycles. The van der Waals surface area contributed by atoms with Crippen LogP contribution in [0.15, 0.2) is 67.0 Å². The fraction of sp³-hybridized carbons (Fsp3) is 0.250. The highest BCUT2D eigenvalue weighted by molar-refractivity contribution is 6.31. The van der Waals surface area contributed by atoms with Crippen molar-refractivity contribution in [1.82, 2.24) is 24.8 Å². The second-order valence-electron chi connectivity index (χ2n) is 10.2. The van der Waals surface area contributed by atoms with E-state index in [1.807, 2.05) is 60.7 Å². The smallest absolute Gasteiger partial charge is 0.226 e. The van der Waals surface area contributed by atoms with Crippen LogP contribution in [0.1, 0.15) is 0 Å². The molecule has 1 N–H and O–H groups in total. The van der Waals surface area contributed by atoms with E-state index >= 15 is 0 Å². The Morgan fingerprint density at radius 1 is 0.744 bits per heavy atom. The normalized spacial score (nSPS) is 13.7. The van der Waals surface area contributed by atoms with Gasteiger partial charge in [-0.15, -0.1) is 0 Å². The van der Waals surface area contributed by atoms with E-state index in [9.17, 15) is 0 Å². The van der Waals surface area contributed by atoms with E-state index in [4.69, 9.17) is 35.8 Å². The van der Waals surface area contributed by atoms with Gasteiger partial charge in [-0.2, -0.15) is 0 Å². The minimum absolute atomic E-state index is 0.532. The average Bonchev–Trinajstić information content (AvgIpc) is 3.04. The van der Waals surface area contributed by atoms with Gasteiger partial charge < -0.3 is 29.3 Å². The van der Waals surface area contributed by atoms with E-state index in [1.54, 1.807) is 21.3 Å². The van der Waals surface area contributed by atoms with E-state index in [1.165, 1.54) is 6.33 Å². The quantitative estimate of drug-likeness (QED) is 0.232. The summed E-state index contributed by atoms with van der Waals surface area (Å²) >= 11 is 6.15. The Hall–Kier alpha value is -4.67. The number of methoxy groups -OCH3 is 3. The summed E-state index contributed by atoms with van der Waals surface area (Å²) in [4.78, 5) is 23.3. The third-order valence-electron chi connectivity index (χ3n) is 7.50. The number of likely N-dealkylation sites (N-methyl/N-ethyl adjacent to an activating group) is 1. The summed E-state index contributed by atoms with van der Waals surface area (Å²) in [5, 5.41) is 4.93. The van der Waals surface area contributed by atoms with E-state index in [2.05, 4.69) is 32.1 Å². The molecule has 3 heterocycles. The van der Waals surface area contributed by atoms with E-state index in [-0.39, 0.29) is 0 Å². The van der Waals surface area contributed by atoms with Crippen molar-refractivity contribution < 1.29 is 14.2 Å². The Morgan fingerprint density at radius 2 is 1.42 bits per heavy atom. The lowest BCUT2D eigenvalue weighted by Crippen LogP contribution is -2.45. The summed E-state index contributed by atoms with van der Waals surface area (Å²) in [7, 11) is 6.94. The average molecular weight is 598 g/mol. The van der Waals surface area contributed by atoms with Gasteiger partial charge in [0.15, 0.2) is 11.5 Å². The second kappa shape index (κ2) is 12.3. The maximum atomic E-state index is 6.15. The van der Waals surface area contributed by atoms with Crippen LogP contribution < -0.4 is 24.4 Å². The predicted octanol–water partition coefficient (Wildman–Crippen LogP) is 5.93. The molecule has 0 aliphatic carbocycles. The van der Waals surface area contributed by atoms with Crippen LogP contribution in [-0.2, 0) is 0 Å². The molecule has 0 radical (unpaired) electrons. The number of ether oxygens (including phenoxy) is 3. The lowest BCUT2D eigenvalue weighted by molar-refractivity contribution is 0.311. The molecule has 0 spiro atoms. The molecule has 1 aliphatic rings. The lowest BCUT2D eigenvalue weighted by atomic mass is 10.1. The summed E-state index contributed by atoms with van der Waals surface area (Å²) in [5.74, 6) is 3.05. The summed E-state index contributed by atoms with van der Waals surface area (Å²) in [6.45, 7) is 3.57. The molecule has 43 heavy (non-hydrogen) atoms. The van der Waals surface area contributed by atoms with Gasteiger partial charge in [-0.1, -0.05) is 23.7 Å². The van der Waals surface area contributed by atoms with Gasteiger partial charge in [-0.25, -0.2) is 19.9 Å². The summed E-state index contributed by atoms with van der Waals surface area (Å²) in [6.07, 6.45) is 1.53. The van der Waals surface area contributed by atoms with E-state index in [0.29, 0.717) is 34.0 Å². The van der Waals surface area contributed by atoms with Gasteiger partial charge in [-0.3, -0.25) is 0 Å². The molecular formula is C32H32ClN7O3. The van der Waals surface area contributed by atoms with Crippen LogP contribution >= 0.6 is 11.6 Å². The molecule has 220 valence electrons. The maximum absolute atomic E-state index is 6.15. The molecule has 0 unspecified atom stereocenters. The van der Waals surface area contributed by atoms with Gasteiger partial charge >= 0.3 is 0 Å². The number of anilines is 3. The zero-order chi connectivity index (χ0) is 29.9. The van der Waals surface area contributed by atoms with Gasteiger partial charge in [0, 0.05) is 53.4 Å². The van der Waals surface area contributed by atoms with Crippen LogP contribution in [-0.4, -0.2) is 79.4 Å². The number of halogens is 1. The number of nitrogens with one attached hydrogen (secondary N) is 1. The van der Waals surface area contributed by atoms with Gasteiger partial charge in [0.05, 0.1) is 38.2 Å². The summed E-state index contributed by atoms with van der Waals surface area (Å²) < 4.78 is 16.8. The molecule has 5 aromatic rings. The number of aromatic nitrogens is 4. The van der Waals surface area contributed by atoms with Crippen LogP contribution in [0.3, 0.4) is 0 Å². The van der Waals surface area contributed by atoms with E-state index in [0.717, 1.165) is 65.3 Å². The van der Waals surface area contributed by atoms with E-state index < -0.39 is 0 Å². The van der Waals surface area contributed by atoms with Crippen LogP contribution in [0, 0.1) is 0 Å². The number of hydrogen-bond acceptors (Lipinski definition) is 10. The second-order valence-corrected chi connectivity index (χ2v) is 10.7. The maximum Gasteiger partial charge on any atom is 0.226 e. The minimum atomic E-state index is 0.532. The fourth-order valence-corrected chi connectivity index (χ4v) is 5.26. The van der Waals surface area contributed by atoms with Crippen molar-refractivity contribution in [2.24, 2.45) is 0 Å². The fourth-order valence-electron chi connectivity index (χ4n) is 5.10. The van der Waals surface area contributed by atoms with Gasteiger partial charge in [0.1, 0.15) is 12.1 Å². The number of hydrogen-bond donors (Lipinski definition) is 1. The highest BCUT2D eigenvalue weighted by Gasteiger charge is 2.21. The Balaban J connectivity index is 1.37. The van der Waals surface area contributed by atoms with Crippen molar-refractivity contribution in [3.8, 4) is 39.8 Å². The highest BCUT2D eigenvalue weighted by Crippen LogP contribution is 2.41. The Labute approximate surface area is 255 Å². The van der Waals surface area contributed by atoms with Crippen LogP contribution in [0.4, 0.5) is 17.5 Å². The van der Waals surface area contributed by atoms with Crippen LogP contribution in [0.25, 0.3) is 33.4 Å². The number of rotatable bonds is 8. The van der Waals surface area contributed by atoms with Crippen molar-refractivity contribution in [3.05, 3.63) is 72.0 Å². The first-order valence-electron chi connectivity index (χ1n) is 13.9. The monoisotopic (exact) mass is 597 g/mol. The standard InChI is InChI=1S/C32H32ClN7O3/c1-39-11-13-40(14-12-39)32-37-25(18-26(38-32)21-15-28(41-2)30(43-4)29(16-21)42-3)20-5-8-23(9-6-20)36-31-24-10-7-22(33)17-27(24)34-19-35-31/h5-10,15-19H,11-14H2,1-4H3,(H,34,35,36). The summed E-state index contributed by atoms with van der Waals surface area (Å²) in [5.41, 5.74) is 5.02. The number of benzene rings is 3. The lowest BCUT2D eigenvalue weighted by Gasteiger charge is -2.32. The topological polar surface area (TPSA) is 97.8 Å². The number of fused-ring (bicyclic) bond motifs is 1. The largest absolute Gasteiger partial charge is 0.493 e. The third-order valence-corrected chi connectivity index (χ3v) is 7.74. The highest BCUT2D eigenvalue weighted by atomic mass is 35.5. The minimum Gasteiger partial charge on any atom is -0.493 e. The molecule has 3 aromatic carbocycles. The van der Waals surface area contributed by atoms with Crippen molar-refractivity contribution in [3.63, 3.8) is 0 Å². The Morgan fingerprint density at radius 3 is 2.07 bits per heavy atom. The van der Waals surface area contributed by atoms with Crippen molar-refractivity contribution >= 4 is 40.0 Å². The SMILES string of the molecule is COc1cc(-c2cc(-c3ccc(Nc4ncnc5cc(Cl)ccc45)cc3)nc(N3CCN(C)CC3)n2)cc(OC)c1OC. The molecular weight excluding hydrogens is 566 g/mol. The molecule has 11 heteroatoms. The van der Waals surface area contributed by atoms with Gasteiger partial charge in [0.2, 0.25) is 11.7 Å².